The van der Waals surface area contributed by atoms with E-state index in [-0.39, 0.29) is 17.1 Å². The minimum atomic E-state index is -3.05. The molecule has 0 aliphatic carbocycles. The second-order valence-corrected chi connectivity index (χ2v) is 5.23. The van der Waals surface area contributed by atoms with Gasteiger partial charge in [-0.1, -0.05) is 24.3 Å². The van der Waals surface area contributed by atoms with Crippen LogP contribution < -0.4 is 19.7 Å². The van der Waals surface area contributed by atoms with Crippen molar-refractivity contribution >= 4 is 11.6 Å². The molecule has 2 aromatic rings. The molecule has 1 amide bonds. The molecule has 0 bridgehead atoms. The number of benzene rings is 2. The van der Waals surface area contributed by atoms with Gasteiger partial charge >= 0.3 is 6.61 Å². The minimum Gasteiger partial charge on any atom is -0.493 e. The second-order valence-electron chi connectivity index (χ2n) is 5.23. The maximum absolute atomic E-state index is 12.6. The van der Waals surface area contributed by atoms with Gasteiger partial charge in [-0.05, 0) is 24.3 Å². The Morgan fingerprint density at radius 3 is 2.52 bits per heavy atom. The molecule has 0 heterocycles. The highest BCUT2D eigenvalue weighted by atomic mass is 19.3. The Morgan fingerprint density at radius 1 is 1.16 bits per heavy atom. The maximum Gasteiger partial charge on any atom is 0.387 e. The first-order valence-corrected chi connectivity index (χ1v) is 7.69. The van der Waals surface area contributed by atoms with Gasteiger partial charge in [-0.3, -0.25) is 4.79 Å². The summed E-state index contributed by atoms with van der Waals surface area (Å²) < 4.78 is 34.7. The highest BCUT2D eigenvalue weighted by molar-refractivity contribution is 5.97. The number of halogens is 2. The molecule has 0 fully saturated rings. The number of para-hydroxylation sites is 2. The van der Waals surface area contributed by atoms with Gasteiger partial charge in [0.1, 0.15) is 0 Å². The fourth-order valence-electron chi connectivity index (χ4n) is 2.31. The summed E-state index contributed by atoms with van der Waals surface area (Å²) in [5.74, 6) is -0.695. The molecule has 0 saturated heterocycles. The Bertz CT molecular complexity index is 696. The average Bonchev–Trinajstić information content (AvgIpc) is 2.62. The number of nitrogens with zero attached hydrogens (tertiary/aromatic N) is 1. The van der Waals surface area contributed by atoms with Crippen LogP contribution in [-0.2, 0) is 0 Å². The SMILES string of the molecule is COc1cccc(C(=O)NCCN(C)c2ccccc2)c1OC(F)F. The number of likely N-dealkylation sites (N-methyl/N-ethyl adjacent to an activating group) is 1. The lowest BCUT2D eigenvalue weighted by atomic mass is 10.1. The van der Waals surface area contributed by atoms with Crippen molar-refractivity contribution in [1.29, 1.82) is 0 Å². The van der Waals surface area contributed by atoms with Crippen molar-refractivity contribution in [2.45, 2.75) is 6.61 Å². The van der Waals surface area contributed by atoms with Crippen LogP contribution in [0.5, 0.6) is 11.5 Å². The molecule has 5 nitrogen and oxygen atoms in total. The van der Waals surface area contributed by atoms with E-state index in [9.17, 15) is 13.6 Å². The lowest BCUT2D eigenvalue weighted by Gasteiger charge is -2.20. The number of rotatable bonds is 8. The van der Waals surface area contributed by atoms with E-state index in [0.29, 0.717) is 13.1 Å². The Labute approximate surface area is 145 Å². The van der Waals surface area contributed by atoms with Gasteiger partial charge < -0.3 is 19.7 Å². The van der Waals surface area contributed by atoms with Crippen molar-refractivity contribution in [2.75, 3.05) is 32.1 Å². The predicted octanol–water partition coefficient (Wildman–Crippen LogP) is 3.16. The van der Waals surface area contributed by atoms with Crippen LogP contribution in [0.3, 0.4) is 0 Å². The topological polar surface area (TPSA) is 50.8 Å². The van der Waals surface area contributed by atoms with E-state index < -0.39 is 12.5 Å². The summed E-state index contributed by atoms with van der Waals surface area (Å²) in [6.07, 6.45) is 0. The van der Waals surface area contributed by atoms with Gasteiger partial charge in [0.2, 0.25) is 0 Å². The quantitative estimate of drug-likeness (QED) is 0.795. The number of alkyl halides is 2. The lowest BCUT2D eigenvalue weighted by molar-refractivity contribution is -0.0515. The van der Waals surface area contributed by atoms with Crippen molar-refractivity contribution < 1.29 is 23.0 Å². The number of carbonyl (C=O) groups is 1. The molecule has 0 atom stereocenters. The van der Waals surface area contributed by atoms with Crippen LogP contribution in [0.4, 0.5) is 14.5 Å². The molecule has 25 heavy (non-hydrogen) atoms. The molecule has 0 aromatic heterocycles. The molecule has 1 N–H and O–H groups in total. The van der Waals surface area contributed by atoms with E-state index in [1.54, 1.807) is 6.07 Å². The summed E-state index contributed by atoms with van der Waals surface area (Å²) in [6.45, 7) is -2.15. The Morgan fingerprint density at radius 2 is 1.88 bits per heavy atom. The zero-order valence-electron chi connectivity index (χ0n) is 14.0. The summed E-state index contributed by atoms with van der Waals surface area (Å²) in [4.78, 5) is 14.3. The molecule has 0 unspecified atom stereocenters. The van der Waals surface area contributed by atoms with Gasteiger partial charge in [-0.2, -0.15) is 8.78 Å². The largest absolute Gasteiger partial charge is 0.493 e. The molecule has 0 radical (unpaired) electrons. The van der Waals surface area contributed by atoms with Crippen LogP contribution in [0.25, 0.3) is 0 Å². The molecule has 134 valence electrons. The second kappa shape index (κ2) is 8.86. The van der Waals surface area contributed by atoms with Crippen LogP contribution >= 0.6 is 0 Å². The number of carbonyl (C=O) groups excluding carboxylic acids is 1. The number of hydrogen-bond donors (Lipinski definition) is 1. The first-order valence-electron chi connectivity index (χ1n) is 7.69. The molecule has 2 rings (SSSR count). The molecule has 7 heteroatoms. The third-order valence-electron chi connectivity index (χ3n) is 3.58. The first-order chi connectivity index (χ1) is 12.0. The fraction of sp³-hybridized carbons (Fsp3) is 0.278. The van der Waals surface area contributed by atoms with E-state index in [2.05, 4.69) is 10.1 Å². The van der Waals surface area contributed by atoms with Gasteiger partial charge in [0, 0.05) is 25.8 Å². The molecule has 0 aliphatic heterocycles. The van der Waals surface area contributed by atoms with Gasteiger partial charge in [0.15, 0.2) is 11.5 Å². The summed E-state index contributed by atoms with van der Waals surface area (Å²) in [6, 6.07) is 14.1. The van der Waals surface area contributed by atoms with Crippen molar-refractivity contribution in [1.82, 2.24) is 5.32 Å². The number of amides is 1. The number of anilines is 1. The zero-order valence-corrected chi connectivity index (χ0v) is 14.0. The van der Waals surface area contributed by atoms with E-state index >= 15 is 0 Å². The molecular formula is C18H20F2N2O3. The minimum absolute atomic E-state index is 0.00186. The molecule has 2 aromatic carbocycles. The van der Waals surface area contributed by atoms with Crippen molar-refractivity contribution in [3.05, 3.63) is 54.1 Å². The normalized spacial score (nSPS) is 10.4. The third kappa shape index (κ3) is 5.07. The predicted molar refractivity (Wildman–Crippen MR) is 91.7 cm³/mol. The Hall–Kier alpha value is -2.83. The lowest BCUT2D eigenvalue weighted by Crippen LogP contribution is -2.33. The molecule has 0 aliphatic rings. The first kappa shape index (κ1) is 18.5. The van der Waals surface area contributed by atoms with Crippen LogP contribution in [0, 0.1) is 0 Å². The summed E-state index contributed by atoms with van der Waals surface area (Å²) in [5.41, 5.74) is 1.02. The summed E-state index contributed by atoms with van der Waals surface area (Å²) >= 11 is 0. The van der Waals surface area contributed by atoms with Crippen molar-refractivity contribution in [2.24, 2.45) is 0 Å². The Balaban J connectivity index is 2.01. The molecular weight excluding hydrogens is 330 g/mol. The maximum atomic E-state index is 12.6. The van der Waals surface area contributed by atoms with Gasteiger partial charge in [-0.25, -0.2) is 0 Å². The standard InChI is InChI=1S/C18H20F2N2O3/c1-22(13-7-4-3-5-8-13)12-11-21-17(23)14-9-6-10-15(24-2)16(14)25-18(19)20/h3-10,18H,11-12H2,1-2H3,(H,21,23). The summed E-state index contributed by atoms with van der Waals surface area (Å²) in [7, 11) is 3.22. The zero-order chi connectivity index (χ0) is 18.2. The van der Waals surface area contributed by atoms with E-state index in [1.165, 1.54) is 19.2 Å². The van der Waals surface area contributed by atoms with Crippen molar-refractivity contribution in [3.63, 3.8) is 0 Å². The van der Waals surface area contributed by atoms with Crippen LogP contribution in [0.15, 0.2) is 48.5 Å². The van der Waals surface area contributed by atoms with E-state index in [1.807, 2.05) is 42.3 Å². The highest BCUT2D eigenvalue weighted by Crippen LogP contribution is 2.32. The van der Waals surface area contributed by atoms with E-state index in [4.69, 9.17) is 4.74 Å². The fourth-order valence-corrected chi connectivity index (χ4v) is 2.31. The monoisotopic (exact) mass is 350 g/mol. The number of nitrogens with one attached hydrogen (secondary N) is 1. The smallest absolute Gasteiger partial charge is 0.387 e. The Kier molecular flexibility index (Phi) is 6.56. The van der Waals surface area contributed by atoms with Gasteiger partial charge in [0.25, 0.3) is 5.91 Å². The summed E-state index contributed by atoms with van der Waals surface area (Å²) in [5, 5.41) is 2.70. The number of ether oxygens (including phenoxy) is 2. The average molecular weight is 350 g/mol. The highest BCUT2D eigenvalue weighted by Gasteiger charge is 2.20. The number of hydrogen-bond acceptors (Lipinski definition) is 4. The third-order valence-corrected chi connectivity index (χ3v) is 3.58. The van der Waals surface area contributed by atoms with Crippen LogP contribution in [-0.4, -0.2) is 39.8 Å². The molecule has 0 saturated carbocycles. The van der Waals surface area contributed by atoms with E-state index in [0.717, 1.165) is 5.69 Å². The molecule has 0 spiro atoms. The van der Waals surface area contributed by atoms with Crippen molar-refractivity contribution in [3.8, 4) is 11.5 Å². The van der Waals surface area contributed by atoms with Crippen LogP contribution in [0.1, 0.15) is 10.4 Å². The van der Waals surface area contributed by atoms with Gasteiger partial charge in [0.05, 0.1) is 12.7 Å². The number of methoxy groups -OCH3 is 1. The van der Waals surface area contributed by atoms with Gasteiger partial charge in [-0.15, -0.1) is 0 Å². The van der Waals surface area contributed by atoms with Crippen LogP contribution in [0.2, 0.25) is 0 Å².